The molecular formula is C17H26N2O3. The summed E-state index contributed by atoms with van der Waals surface area (Å²) in [5, 5.41) is 0. The molecule has 5 nitrogen and oxygen atoms in total. The van der Waals surface area contributed by atoms with Crippen molar-refractivity contribution < 1.29 is 14.3 Å². The summed E-state index contributed by atoms with van der Waals surface area (Å²) in [6.45, 7) is 11.1. The van der Waals surface area contributed by atoms with E-state index in [9.17, 15) is 4.79 Å². The van der Waals surface area contributed by atoms with Crippen molar-refractivity contribution in [3.63, 3.8) is 0 Å². The zero-order valence-electron chi connectivity index (χ0n) is 13.8. The van der Waals surface area contributed by atoms with Gasteiger partial charge in [-0.15, -0.1) is 0 Å². The van der Waals surface area contributed by atoms with Gasteiger partial charge in [0.2, 0.25) is 0 Å². The van der Waals surface area contributed by atoms with Crippen LogP contribution in [0.25, 0.3) is 0 Å². The lowest BCUT2D eigenvalue weighted by Gasteiger charge is -2.33. The summed E-state index contributed by atoms with van der Waals surface area (Å²) in [5.74, 6) is 0.963. The van der Waals surface area contributed by atoms with E-state index in [1.54, 1.807) is 4.90 Å². The Balaban J connectivity index is 1.71. The van der Waals surface area contributed by atoms with Crippen LogP contribution in [-0.4, -0.2) is 61.8 Å². The van der Waals surface area contributed by atoms with E-state index >= 15 is 0 Å². The highest BCUT2D eigenvalue weighted by molar-refractivity contribution is 5.67. The molecule has 1 aliphatic rings. The first kappa shape index (κ1) is 16.6. The number of hydrogen-bond donors (Lipinski definition) is 0. The molecule has 0 aliphatic carbocycles. The zero-order valence-corrected chi connectivity index (χ0v) is 13.8. The second kappa shape index (κ2) is 8.03. The Morgan fingerprint density at radius 3 is 2.59 bits per heavy atom. The monoisotopic (exact) mass is 306 g/mol. The summed E-state index contributed by atoms with van der Waals surface area (Å²) in [6.07, 6.45) is -0.200. The van der Waals surface area contributed by atoms with Gasteiger partial charge in [0.15, 0.2) is 0 Å². The van der Waals surface area contributed by atoms with Gasteiger partial charge in [0, 0.05) is 32.7 Å². The quantitative estimate of drug-likeness (QED) is 0.838. The number of rotatable bonds is 5. The van der Waals surface area contributed by atoms with Crippen LogP contribution in [0.15, 0.2) is 18.2 Å². The molecule has 1 saturated heterocycles. The van der Waals surface area contributed by atoms with Crippen LogP contribution in [0.4, 0.5) is 4.79 Å². The summed E-state index contributed by atoms with van der Waals surface area (Å²) >= 11 is 0. The summed E-state index contributed by atoms with van der Waals surface area (Å²) < 4.78 is 10.9. The van der Waals surface area contributed by atoms with Crippen molar-refractivity contribution in [2.45, 2.75) is 20.8 Å². The first-order valence-corrected chi connectivity index (χ1v) is 7.94. The molecule has 5 heteroatoms. The Morgan fingerprint density at radius 2 is 1.91 bits per heavy atom. The van der Waals surface area contributed by atoms with Crippen LogP contribution in [0.2, 0.25) is 0 Å². The molecule has 122 valence electrons. The minimum atomic E-state index is -0.200. The predicted molar refractivity (Wildman–Crippen MR) is 86.4 cm³/mol. The van der Waals surface area contributed by atoms with Crippen LogP contribution < -0.4 is 4.74 Å². The number of carbonyl (C=O) groups excluding carboxylic acids is 1. The number of carbonyl (C=O) groups is 1. The number of aryl methyl sites for hydroxylation is 2. The van der Waals surface area contributed by atoms with Gasteiger partial charge in [-0.25, -0.2) is 4.79 Å². The summed E-state index contributed by atoms with van der Waals surface area (Å²) in [4.78, 5) is 15.7. The highest BCUT2D eigenvalue weighted by atomic mass is 16.6. The molecule has 0 unspecified atom stereocenters. The Labute approximate surface area is 132 Å². The van der Waals surface area contributed by atoms with Gasteiger partial charge < -0.3 is 14.4 Å². The Hall–Kier alpha value is -1.75. The minimum absolute atomic E-state index is 0.200. The molecule has 22 heavy (non-hydrogen) atoms. The van der Waals surface area contributed by atoms with Crippen molar-refractivity contribution >= 4 is 6.09 Å². The molecular weight excluding hydrogens is 280 g/mol. The number of hydrogen-bond acceptors (Lipinski definition) is 4. The predicted octanol–water partition coefficient (Wildman–Crippen LogP) is 2.46. The fourth-order valence-electron chi connectivity index (χ4n) is 2.52. The molecule has 0 bridgehead atoms. The Morgan fingerprint density at radius 1 is 1.18 bits per heavy atom. The van der Waals surface area contributed by atoms with Crippen LogP contribution in [0, 0.1) is 13.8 Å². The Kier molecular flexibility index (Phi) is 6.07. The van der Waals surface area contributed by atoms with Gasteiger partial charge in [-0.2, -0.15) is 0 Å². The Bertz CT molecular complexity index is 497. The smallest absolute Gasteiger partial charge is 0.409 e. The normalized spacial score (nSPS) is 15.7. The lowest BCUT2D eigenvalue weighted by atomic mass is 10.1. The third-order valence-electron chi connectivity index (χ3n) is 3.91. The van der Waals surface area contributed by atoms with Crippen molar-refractivity contribution in [1.29, 1.82) is 0 Å². The van der Waals surface area contributed by atoms with Gasteiger partial charge in [0.25, 0.3) is 0 Å². The van der Waals surface area contributed by atoms with E-state index in [0.29, 0.717) is 13.2 Å². The number of nitrogens with zero attached hydrogens (tertiary/aromatic N) is 2. The molecule has 0 N–H and O–H groups in total. The standard InChI is InChI=1S/C17H26N2O3/c1-4-21-17(20)19-9-7-18(8-10-19)11-12-22-16-13-14(2)5-6-15(16)3/h5-6,13H,4,7-12H2,1-3H3. The maximum atomic E-state index is 11.6. The van der Waals surface area contributed by atoms with Crippen molar-refractivity contribution in [2.75, 3.05) is 45.9 Å². The first-order chi connectivity index (χ1) is 10.6. The molecule has 1 fully saturated rings. The molecule has 0 atom stereocenters. The van der Waals surface area contributed by atoms with Crippen LogP contribution in [0.5, 0.6) is 5.75 Å². The maximum Gasteiger partial charge on any atom is 0.409 e. The minimum Gasteiger partial charge on any atom is -0.492 e. The fraction of sp³-hybridized carbons (Fsp3) is 0.588. The molecule has 1 aliphatic heterocycles. The molecule has 0 aromatic heterocycles. The molecule has 1 aromatic rings. The molecule has 0 radical (unpaired) electrons. The van der Waals surface area contributed by atoms with Crippen LogP contribution in [0.3, 0.4) is 0 Å². The lowest BCUT2D eigenvalue weighted by molar-refractivity contribution is 0.0757. The average molecular weight is 306 g/mol. The van der Waals surface area contributed by atoms with Gasteiger partial charge >= 0.3 is 6.09 Å². The second-order valence-corrected chi connectivity index (χ2v) is 5.65. The second-order valence-electron chi connectivity index (χ2n) is 5.65. The van der Waals surface area contributed by atoms with Crippen molar-refractivity contribution in [3.8, 4) is 5.75 Å². The number of ether oxygens (including phenoxy) is 2. The van der Waals surface area contributed by atoms with E-state index in [1.807, 2.05) is 6.92 Å². The SMILES string of the molecule is CCOC(=O)N1CCN(CCOc2cc(C)ccc2C)CC1. The number of benzene rings is 1. The van der Waals surface area contributed by atoms with Gasteiger partial charge in [-0.3, -0.25) is 4.90 Å². The topological polar surface area (TPSA) is 42.0 Å². The van der Waals surface area contributed by atoms with Crippen molar-refractivity contribution in [1.82, 2.24) is 9.80 Å². The number of amides is 1. The highest BCUT2D eigenvalue weighted by Crippen LogP contribution is 2.19. The van der Waals surface area contributed by atoms with Gasteiger partial charge in [0.05, 0.1) is 6.61 Å². The first-order valence-electron chi connectivity index (χ1n) is 7.94. The molecule has 1 heterocycles. The summed E-state index contributed by atoms with van der Waals surface area (Å²) in [7, 11) is 0. The van der Waals surface area contributed by atoms with Crippen LogP contribution in [-0.2, 0) is 4.74 Å². The van der Waals surface area contributed by atoms with Crippen LogP contribution in [0.1, 0.15) is 18.1 Å². The van der Waals surface area contributed by atoms with Crippen molar-refractivity contribution in [3.05, 3.63) is 29.3 Å². The largest absolute Gasteiger partial charge is 0.492 e. The fourth-order valence-corrected chi connectivity index (χ4v) is 2.52. The molecule has 0 saturated carbocycles. The molecule has 0 spiro atoms. The average Bonchev–Trinajstić information content (AvgIpc) is 2.51. The van der Waals surface area contributed by atoms with E-state index in [1.165, 1.54) is 5.56 Å². The van der Waals surface area contributed by atoms with E-state index in [0.717, 1.165) is 44.0 Å². The molecule has 1 aromatic carbocycles. The van der Waals surface area contributed by atoms with E-state index in [-0.39, 0.29) is 6.09 Å². The van der Waals surface area contributed by atoms with Gasteiger partial charge in [0.1, 0.15) is 12.4 Å². The number of piperazine rings is 1. The third-order valence-corrected chi connectivity index (χ3v) is 3.91. The van der Waals surface area contributed by atoms with Crippen LogP contribution >= 0.6 is 0 Å². The van der Waals surface area contributed by atoms with E-state index < -0.39 is 0 Å². The van der Waals surface area contributed by atoms with E-state index in [2.05, 4.69) is 36.9 Å². The van der Waals surface area contributed by atoms with Crippen molar-refractivity contribution in [2.24, 2.45) is 0 Å². The summed E-state index contributed by atoms with van der Waals surface area (Å²) in [6, 6.07) is 6.26. The molecule has 2 rings (SSSR count). The molecule has 1 amide bonds. The zero-order chi connectivity index (χ0) is 15.9. The van der Waals surface area contributed by atoms with Gasteiger partial charge in [-0.05, 0) is 38.0 Å². The highest BCUT2D eigenvalue weighted by Gasteiger charge is 2.21. The third kappa shape index (κ3) is 4.63. The summed E-state index contributed by atoms with van der Waals surface area (Å²) in [5.41, 5.74) is 2.38. The van der Waals surface area contributed by atoms with E-state index in [4.69, 9.17) is 9.47 Å². The maximum absolute atomic E-state index is 11.6. The van der Waals surface area contributed by atoms with Gasteiger partial charge in [-0.1, -0.05) is 12.1 Å². The lowest BCUT2D eigenvalue weighted by Crippen LogP contribution is -2.49.